The first-order chi connectivity index (χ1) is 8.88. The van der Waals surface area contributed by atoms with Gasteiger partial charge < -0.3 is 0 Å². The second kappa shape index (κ2) is 9.58. The van der Waals surface area contributed by atoms with Gasteiger partial charge >= 0.3 is 0 Å². The van der Waals surface area contributed by atoms with E-state index in [1.54, 1.807) is 0 Å². The van der Waals surface area contributed by atoms with Gasteiger partial charge in [-0.3, -0.25) is 9.78 Å². The Labute approximate surface area is 111 Å². The van der Waals surface area contributed by atoms with E-state index in [1.165, 1.54) is 50.4 Å². The maximum absolute atomic E-state index is 5.16. The highest BCUT2D eigenvalue weighted by Gasteiger charge is 2.03. The normalized spacial score (nSPS) is 10.1. The van der Waals surface area contributed by atoms with Gasteiger partial charge in [0.25, 0.3) is 0 Å². The number of unbranched alkanes of at least 4 members (excludes halogenated alkanes) is 5. The average molecular weight is 248 g/mol. The van der Waals surface area contributed by atoms with Crippen LogP contribution in [0.5, 0.6) is 5.75 Å². The van der Waals surface area contributed by atoms with E-state index in [2.05, 4.69) is 19.6 Å². The Kier molecular flexibility index (Phi) is 7.78. The molecule has 0 atom stereocenters. The summed E-state index contributed by atoms with van der Waals surface area (Å²) < 4.78 is 0. The Morgan fingerprint density at radius 3 is 2.56 bits per heavy atom. The lowest BCUT2D eigenvalue weighted by atomic mass is 10.0. The molecule has 0 aromatic heterocycles. The lowest BCUT2D eigenvalue weighted by molar-refractivity contribution is -0.149. The summed E-state index contributed by atoms with van der Waals surface area (Å²) in [5, 5.41) is 0. The van der Waals surface area contributed by atoms with Crippen molar-refractivity contribution in [3.63, 3.8) is 0 Å². The van der Waals surface area contributed by atoms with Crippen LogP contribution in [-0.4, -0.2) is 0 Å². The third kappa shape index (κ3) is 5.76. The van der Waals surface area contributed by atoms with Gasteiger partial charge in [0.2, 0.25) is 0 Å². The van der Waals surface area contributed by atoms with Crippen LogP contribution in [0.4, 0.5) is 0 Å². The molecule has 18 heavy (non-hydrogen) atoms. The largest absolute Gasteiger partial charge is 0.299 e. The van der Waals surface area contributed by atoms with E-state index in [-0.39, 0.29) is 0 Å². The molecule has 0 radical (unpaired) electrons. The molecule has 0 fully saturated rings. The van der Waals surface area contributed by atoms with Crippen molar-refractivity contribution in [3.8, 4) is 5.75 Å². The van der Waals surface area contributed by atoms with Crippen LogP contribution >= 0.6 is 0 Å². The number of para-hydroxylation sites is 1. The summed E-state index contributed by atoms with van der Waals surface area (Å²) in [6.45, 7) is 5.71. The van der Waals surface area contributed by atoms with Gasteiger partial charge in [-0.2, -0.15) is 0 Å². The summed E-state index contributed by atoms with van der Waals surface area (Å²) in [6.07, 6.45) is 10.2. The summed E-state index contributed by atoms with van der Waals surface area (Å²) >= 11 is 0. The van der Waals surface area contributed by atoms with E-state index >= 15 is 0 Å². The molecule has 0 spiro atoms. The highest BCUT2D eigenvalue weighted by molar-refractivity contribution is 5.32. The highest BCUT2D eigenvalue weighted by Crippen LogP contribution is 2.21. The first kappa shape index (κ1) is 14.6. The topological polar surface area (TPSA) is 18.5 Å². The van der Waals surface area contributed by atoms with Gasteiger partial charge in [-0.15, -0.1) is 0 Å². The van der Waals surface area contributed by atoms with Crippen LogP contribution in [0.15, 0.2) is 37.1 Å². The molecular weight excluding hydrogens is 224 g/mol. The molecule has 0 amide bonds. The van der Waals surface area contributed by atoms with Crippen molar-refractivity contribution in [2.45, 2.75) is 51.9 Å². The van der Waals surface area contributed by atoms with Crippen LogP contribution < -0.4 is 4.89 Å². The molecule has 100 valence electrons. The second-order valence-corrected chi connectivity index (χ2v) is 4.47. The van der Waals surface area contributed by atoms with Gasteiger partial charge in [-0.05, 0) is 24.5 Å². The average Bonchev–Trinajstić information content (AvgIpc) is 2.41. The van der Waals surface area contributed by atoms with Crippen LogP contribution in [0.1, 0.15) is 51.0 Å². The molecule has 1 rings (SSSR count). The van der Waals surface area contributed by atoms with Crippen molar-refractivity contribution in [2.75, 3.05) is 0 Å². The highest BCUT2D eigenvalue weighted by atomic mass is 17.2. The van der Waals surface area contributed by atoms with Gasteiger partial charge in [0.05, 0.1) is 0 Å². The minimum atomic E-state index is 0.797. The zero-order valence-electron chi connectivity index (χ0n) is 11.4. The van der Waals surface area contributed by atoms with Gasteiger partial charge in [0.15, 0.2) is 5.75 Å². The Balaban J connectivity index is 2.29. The quantitative estimate of drug-likeness (QED) is 0.250. The zero-order chi connectivity index (χ0) is 13.1. The number of rotatable bonds is 10. The molecule has 0 heterocycles. The maximum Gasteiger partial charge on any atom is 0.181 e. The summed E-state index contributed by atoms with van der Waals surface area (Å²) in [7, 11) is 0. The van der Waals surface area contributed by atoms with Crippen molar-refractivity contribution in [1.29, 1.82) is 0 Å². The summed E-state index contributed by atoms with van der Waals surface area (Å²) in [4.78, 5) is 9.95. The summed E-state index contributed by atoms with van der Waals surface area (Å²) in [5.74, 6) is 0.797. The molecule has 0 aliphatic rings. The lowest BCUT2D eigenvalue weighted by Gasteiger charge is -2.08. The van der Waals surface area contributed by atoms with Crippen LogP contribution in [0.2, 0.25) is 0 Å². The number of benzene rings is 1. The lowest BCUT2D eigenvalue weighted by Crippen LogP contribution is -1.95. The molecule has 0 unspecified atom stereocenters. The number of hydrogen-bond donors (Lipinski definition) is 0. The van der Waals surface area contributed by atoms with Crippen LogP contribution in [0.3, 0.4) is 0 Å². The van der Waals surface area contributed by atoms with Crippen LogP contribution in [0.25, 0.3) is 0 Å². The van der Waals surface area contributed by atoms with Crippen molar-refractivity contribution in [3.05, 3.63) is 42.7 Å². The third-order valence-corrected chi connectivity index (χ3v) is 2.98. The standard InChI is InChI=1S/C16H24O2/c1-3-5-6-7-8-9-12-15-13-10-11-14-16(15)18-17-4-2/h4,10-11,13-14H,2-3,5-9,12H2,1H3. The number of aryl methyl sites for hydroxylation is 1. The van der Waals surface area contributed by atoms with E-state index in [0.29, 0.717) is 0 Å². The SMILES string of the molecule is C=COOc1ccccc1CCCCCCCC. The van der Waals surface area contributed by atoms with E-state index in [0.717, 1.165) is 12.2 Å². The molecule has 0 aliphatic carbocycles. The fourth-order valence-corrected chi connectivity index (χ4v) is 1.97. The first-order valence-electron chi connectivity index (χ1n) is 6.90. The van der Waals surface area contributed by atoms with Crippen molar-refractivity contribution >= 4 is 0 Å². The molecule has 1 aromatic carbocycles. The van der Waals surface area contributed by atoms with E-state index in [9.17, 15) is 0 Å². The third-order valence-electron chi connectivity index (χ3n) is 2.98. The zero-order valence-corrected chi connectivity index (χ0v) is 11.4. The Hall–Kier alpha value is -1.44. The predicted molar refractivity (Wildman–Crippen MR) is 75.4 cm³/mol. The van der Waals surface area contributed by atoms with Gasteiger partial charge in [0.1, 0.15) is 6.26 Å². The first-order valence-corrected chi connectivity index (χ1v) is 6.90. The predicted octanol–water partition coefficient (Wildman–Crippen LogP) is 5.04. The van der Waals surface area contributed by atoms with Crippen molar-refractivity contribution in [1.82, 2.24) is 0 Å². The summed E-state index contributed by atoms with van der Waals surface area (Å²) in [5.41, 5.74) is 1.20. The molecule has 2 heteroatoms. The molecule has 2 nitrogen and oxygen atoms in total. The minimum Gasteiger partial charge on any atom is -0.299 e. The van der Waals surface area contributed by atoms with Gasteiger partial charge in [-0.1, -0.05) is 63.8 Å². The fraction of sp³-hybridized carbons (Fsp3) is 0.500. The van der Waals surface area contributed by atoms with Crippen LogP contribution in [-0.2, 0) is 11.3 Å². The molecule has 0 saturated heterocycles. The molecule has 0 aliphatic heterocycles. The smallest absolute Gasteiger partial charge is 0.181 e. The molecular formula is C16H24O2. The monoisotopic (exact) mass is 248 g/mol. The molecule has 1 aromatic rings. The maximum atomic E-state index is 5.16. The van der Waals surface area contributed by atoms with Gasteiger partial charge in [0, 0.05) is 0 Å². The Morgan fingerprint density at radius 2 is 1.78 bits per heavy atom. The van der Waals surface area contributed by atoms with E-state index in [1.807, 2.05) is 18.2 Å². The second-order valence-electron chi connectivity index (χ2n) is 4.47. The summed E-state index contributed by atoms with van der Waals surface area (Å²) in [6, 6.07) is 8.00. The van der Waals surface area contributed by atoms with Crippen molar-refractivity contribution < 1.29 is 9.78 Å². The van der Waals surface area contributed by atoms with Crippen molar-refractivity contribution in [2.24, 2.45) is 0 Å². The van der Waals surface area contributed by atoms with E-state index < -0.39 is 0 Å². The molecule has 0 saturated carbocycles. The fourth-order valence-electron chi connectivity index (χ4n) is 1.97. The Morgan fingerprint density at radius 1 is 1.06 bits per heavy atom. The minimum absolute atomic E-state index is 0.797. The van der Waals surface area contributed by atoms with Gasteiger partial charge in [-0.25, -0.2) is 0 Å². The molecule has 0 N–H and O–H groups in total. The van der Waals surface area contributed by atoms with Crippen LogP contribution in [0, 0.1) is 0 Å². The Bertz CT molecular complexity index is 334. The molecule has 0 bridgehead atoms. The number of hydrogen-bond acceptors (Lipinski definition) is 2. The van der Waals surface area contributed by atoms with E-state index in [4.69, 9.17) is 9.78 Å².